The van der Waals surface area contributed by atoms with Gasteiger partial charge in [0.1, 0.15) is 30.1 Å². The fraction of sp³-hybridized carbons (Fsp3) is 0.526. The van der Waals surface area contributed by atoms with Gasteiger partial charge in [-0.1, -0.05) is 5.16 Å². The number of hydrogen-bond donors (Lipinski definition) is 3. The molecule has 0 saturated carbocycles. The Balaban J connectivity index is 1.57. The number of carbonyl (C=O) groups excluding carboxylic acids is 2. The van der Waals surface area contributed by atoms with Gasteiger partial charge >= 0.3 is 5.97 Å². The number of carboxylic acid groups (broad SMARTS) is 1. The van der Waals surface area contributed by atoms with Gasteiger partial charge < -0.3 is 30.6 Å². The maximum absolute atomic E-state index is 13.0. The quantitative estimate of drug-likeness (QED) is 0.267. The molecule has 0 aliphatic carbocycles. The molecular weight excluding hydrogens is 472 g/mol. The van der Waals surface area contributed by atoms with E-state index in [1.165, 1.54) is 23.8 Å². The van der Waals surface area contributed by atoms with E-state index >= 15 is 0 Å². The van der Waals surface area contributed by atoms with Crippen molar-refractivity contribution in [2.24, 2.45) is 5.16 Å². The van der Waals surface area contributed by atoms with Crippen molar-refractivity contribution >= 4 is 51.7 Å². The third-order valence-corrected chi connectivity index (χ3v) is 7.77. The van der Waals surface area contributed by atoms with E-state index < -0.39 is 35.5 Å². The van der Waals surface area contributed by atoms with Gasteiger partial charge in [-0.25, -0.2) is 9.78 Å². The molecule has 0 radical (unpaired) electrons. The number of rotatable bonds is 6. The van der Waals surface area contributed by atoms with Gasteiger partial charge in [-0.3, -0.25) is 14.5 Å². The zero-order chi connectivity index (χ0) is 23.9. The lowest BCUT2D eigenvalue weighted by molar-refractivity contribution is -0.153. The number of hydrogen-bond acceptors (Lipinski definition) is 11. The lowest BCUT2D eigenvalue weighted by atomic mass is 9.92. The lowest BCUT2D eigenvalue weighted by Gasteiger charge is -2.52. The summed E-state index contributed by atoms with van der Waals surface area (Å²) in [6.45, 7) is 3.55. The van der Waals surface area contributed by atoms with Gasteiger partial charge in [-0.15, -0.1) is 23.1 Å². The number of morpholine rings is 1. The number of likely N-dealkylation sites (N-methyl/N-ethyl adjacent to an activating group) is 1. The molecule has 178 valence electrons. The van der Waals surface area contributed by atoms with E-state index in [1.807, 2.05) is 14.0 Å². The minimum Gasteiger partial charge on any atom is -0.477 e. The van der Waals surface area contributed by atoms with E-state index in [2.05, 4.69) is 20.4 Å². The largest absolute Gasteiger partial charge is 0.477 e. The van der Waals surface area contributed by atoms with Crippen molar-refractivity contribution in [1.82, 2.24) is 20.1 Å². The number of carbonyl (C=O) groups is 3. The van der Waals surface area contributed by atoms with Crippen LogP contribution in [-0.2, 0) is 24.0 Å². The number of thiazole rings is 1. The predicted octanol–water partition coefficient (Wildman–Crippen LogP) is -0.465. The van der Waals surface area contributed by atoms with Crippen LogP contribution in [0.25, 0.3) is 0 Å². The van der Waals surface area contributed by atoms with Crippen LogP contribution in [0.3, 0.4) is 0 Å². The molecule has 2 amide bonds. The Morgan fingerprint density at radius 1 is 1.48 bits per heavy atom. The van der Waals surface area contributed by atoms with Crippen molar-refractivity contribution in [2.45, 2.75) is 24.6 Å². The molecule has 2 fully saturated rings. The molecule has 4 rings (SSSR count). The number of carboxylic acids is 1. The molecule has 1 aromatic heterocycles. The summed E-state index contributed by atoms with van der Waals surface area (Å²) in [7, 11) is 3.22. The van der Waals surface area contributed by atoms with Gasteiger partial charge in [-0.2, -0.15) is 0 Å². The van der Waals surface area contributed by atoms with Crippen molar-refractivity contribution in [3.8, 4) is 0 Å². The number of fused-ring (bicyclic) bond motifs is 1. The summed E-state index contributed by atoms with van der Waals surface area (Å²) in [5, 5.41) is 18.1. The number of anilines is 1. The summed E-state index contributed by atoms with van der Waals surface area (Å²) >= 11 is 2.48. The highest BCUT2D eigenvalue weighted by molar-refractivity contribution is 8.03. The fourth-order valence-corrected chi connectivity index (χ4v) is 6.18. The molecule has 3 aliphatic rings. The highest BCUT2D eigenvalue weighted by Crippen LogP contribution is 2.45. The topological polar surface area (TPSA) is 160 Å². The number of nitrogen functional groups attached to an aromatic ring is 1. The minimum absolute atomic E-state index is 0.0948. The first-order valence-electron chi connectivity index (χ1n) is 10.1. The molecule has 4 N–H and O–H groups in total. The van der Waals surface area contributed by atoms with Crippen LogP contribution in [0.2, 0.25) is 0 Å². The average Bonchev–Trinajstić information content (AvgIpc) is 3.19. The van der Waals surface area contributed by atoms with Crippen LogP contribution < -0.4 is 11.1 Å². The maximum atomic E-state index is 13.0. The molecule has 0 aromatic carbocycles. The summed E-state index contributed by atoms with van der Waals surface area (Å²) in [6.07, 6.45) is 0. The molecule has 2 saturated heterocycles. The predicted molar refractivity (Wildman–Crippen MR) is 122 cm³/mol. The number of β-lactam (4-membered cyclic amide) rings is 1. The van der Waals surface area contributed by atoms with E-state index in [9.17, 15) is 19.5 Å². The highest BCUT2D eigenvalue weighted by Gasteiger charge is 2.56. The Hall–Kier alpha value is -2.68. The Labute approximate surface area is 197 Å². The van der Waals surface area contributed by atoms with Crippen molar-refractivity contribution < 1.29 is 29.1 Å². The number of nitrogens with zero attached hydrogens (tertiary/aromatic N) is 4. The third-order valence-electron chi connectivity index (χ3n) is 5.67. The van der Waals surface area contributed by atoms with Crippen molar-refractivity contribution in [2.75, 3.05) is 45.3 Å². The number of ether oxygens (including phenoxy) is 1. The van der Waals surface area contributed by atoms with Crippen molar-refractivity contribution in [1.29, 1.82) is 0 Å². The third kappa shape index (κ3) is 4.18. The second-order valence-electron chi connectivity index (χ2n) is 8.03. The fourth-order valence-electron chi connectivity index (χ4n) is 4.20. The van der Waals surface area contributed by atoms with Crippen molar-refractivity contribution in [3.63, 3.8) is 0 Å². The molecule has 3 aliphatic heterocycles. The molecule has 12 nitrogen and oxygen atoms in total. The second-order valence-corrected chi connectivity index (χ2v) is 9.95. The number of nitrogens with one attached hydrogen (secondary N) is 1. The minimum atomic E-state index is -1.21. The Morgan fingerprint density at radius 3 is 2.85 bits per heavy atom. The summed E-state index contributed by atoms with van der Waals surface area (Å²) in [4.78, 5) is 50.7. The van der Waals surface area contributed by atoms with Crippen molar-refractivity contribution in [3.05, 3.63) is 21.7 Å². The molecule has 14 heteroatoms. The summed E-state index contributed by atoms with van der Waals surface area (Å²) < 4.78 is 5.96. The first-order chi connectivity index (χ1) is 15.7. The number of nitrogens with two attached hydrogens (primary N) is 1. The van der Waals surface area contributed by atoms with E-state index in [4.69, 9.17) is 15.3 Å². The van der Waals surface area contributed by atoms with E-state index in [0.29, 0.717) is 23.8 Å². The van der Waals surface area contributed by atoms with Crippen LogP contribution in [-0.4, -0.2) is 101 Å². The van der Waals surface area contributed by atoms with E-state index in [0.717, 1.165) is 17.9 Å². The molecule has 0 bridgehead atoms. The SMILES string of the molecule is CON=C(C(=O)NC1C(=O)N2C(C(=O)O)=C(C3(C)CN(C)CCO3)SCC12)c1csc(N)n1. The van der Waals surface area contributed by atoms with E-state index in [-0.39, 0.29) is 22.2 Å². The zero-order valence-corrected chi connectivity index (χ0v) is 19.9. The molecule has 3 unspecified atom stereocenters. The number of aromatic nitrogens is 1. The van der Waals surface area contributed by atoms with Gasteiger partial charge in [0, 0.05) is 29.1 Å². The number of amides is 2. The monoisotopic (exact) mass is 496 g/mol. The number of thioether (sulfide) groups is 1. The zero-order valence-electron chi connectivity index (χ0n) is 18.2. The van der Waals surface area contributed by atoms with Gasteiger partial charge in [0.2, 0.25) is 0 Å². The van der Waals surface area contributed by atoms with Crippen LogP contribution in [0, 0.1) is 0 Å². The molecular formula is C19H24N6O6S2. The van der Waals surface area contributed by atoms with Crippen LogP contribution in [0.5, 0.6) is 0 Å². The Morgan fingerprint density at radius 2 is 2.24 bits per heavy atom. The molecule has 1 aromatic rings. The first-order valence-corrected chi connectivity index (χ1v) is 11.9. The Kier molecular flexibility index (Phi) is 6.35. The molecule has 4 heterocycles. The smallest absolute Gasteiger partial charge is 0.353 e. The van der Waals surface area contributed by atoms with Crippen LogP contribution >= 0.6 is 23.1 Å². The standard InChI is InChI=1S/C19H24N6O6S2/c1-19(8-24(2)4-5-31-19)14-13(17(28)29)25-10(7-32-14)12(16(25)27)22-15(26)11(23-30-3)9-6-33-18(20)21-9/h6,10,12H,4-5,7-8H2,1-3H3,(H2,20,21)(H,22,26)(H,28,29). The van der Waals surface area contributed by atoms with Gasteiger partial charge in [0.25, 0.3) is 11.8 Å². The lowest BCUT2D eigenvalue weighted by Crippen LogP contribution is -2.73. The summed E-state index contributed by atoms with van der Waals surface area (Å²) in [5.41, 5.74) is 4.80. The molecule has 33 heavy (non-hydrogen) atoms. The van der Waals surface area contributed by atoms with Crippen LogP contribution in [0.4, 0.5) is 5.13 Å². The highest BCUT2D eigenvalue weighted by atomic mass is 32.2. The Bertz CT molecular complexity index is 1060. The second kappa shape index (κ2) is 8.93. The molecule has 0 spiro atoms. The van der Waals surface area contributed by atoms with E-state index in [1.54, 1.807) is 5.38 Å². The molecule has 3 atom stereocenters. The maximum Gasteiger partial charge on any atom is 0.353 e. The normalized spacial score (nSPS) is 28.3. The van der Waals surface area contributed by atoms with Crippen LogP contribution in [0.15, 0.2) is 21.1 Å². The average molecular weight is 497 g/mol. The van der Waals surface area contributed by atoms with Gasteiger partial charge in [0.15, 0.2) is 10.8 Å². The number of aliphatic carboxylic acids is 1. The van der Waals surface area contributed by atoms with Gasteiger partial charge in [-0.05, 0) is 14.0 Å². The summed E-state index contributed by atoms with van der Waals surface area (Å²) in [5.74, 6) is -1.98. The number of oxime groups is 1. The van der Waals surface area contributed by atoms with Gasteiger partial charge in [0.05, 0.1) is 12.6 Å². The summed E-state index contributed by atoms with van der Waals surface area (Å²) in [6, 6.07) is -1.42. The van der Waals surface area contributed by atoms with Crippen LogP contribution in [0.1, 0.15) is 12.6 Å². The first kappa shape index (κ1) is 23.5.